The van der Waals surface area contributed by atoms with Crippen LogP contribution in [0.4, 0.5) is 13.2 Å². The first-order valence-electron chi connectivity index (χ1n) is 24.4. The number of aliphatic carboxylic acids is 1. The largest absolute Gasteiger partial charge is 0.477 e. The highest BCUT2D eigenvalue weighted by molar-refractivity contribution is 6.40. The predicted molar refractivity (Wildman–Crippen MR) is 267 cm³/mol. The maximum absolute atomic E-state index is 14.4. The zero-order valence-corrected chi connectivity index (χ0v) is 42.1. The Morgan fingerprint density at radius 2 is 1.53 bits per heavy atom. The summed E-state index contributed by atoms with van der Waals surface area (Å²) in [5.74, 6) is -12.7. The first-order valence-corrected chi connectivity index (χ1v) is 24.4. The number of nitrogens with two attached hydrogens (primary N) is 7. The lowest BCUT2D eigenvalue weighted by molar-refractivity contribution is -0.171. The number of carbonyl (C=O) groups excluding carboxylic acids is 8. The maximum Gasteiger partial charge on any atom is 0.393 e. The number of aliphatic hydroxyl groups is 1. The molecule has 23 N–H and O–H groups in total. The number of aromatic amines is 1. The van der Waals surface area contributed by atoms with Gasteiger partial charge in [0.05, 0.1) is 30.9 Å². The first-order chi connectivity index (χ1) is 35.9. The fourth-order valence-electron chi connectivity index (χ4n) is 7.38. The molecule has 0 bridgehead atoms. The molecule has 1 aromatic heterocycles. The smallest absolute Gasteiger partial charge is 0.393 e. The number of aliphatic imine (C=N–C) groups is 2. The molecule has 0 aliphatic carbocycles. The van der Waals surface area contributed by atoms with Crippen molar-refractivity contribution in [3.05, 3.63) is 30.0 Å². The van der Waals surface area contributed by atoms with Crippen LogP contribution < -0.4 is 72.0 Å². The van der Waals surface area contributed by atoms with E-state index in [2.05, 4.69) is 51.9 Å². The minimum Gasteiger partial charge on any atom is -0.477 e. The fourth-order valence-corrected chi connectivity index (χ4v) is 7.38. The van der Waals surface area contributed by atoms with E-state index >= 15 is 0 Å². The minimum absolute atomic E-state index is 0.0160. The average Bonchev–Trinajstić information content (AvgIpc) is 4.07. The molecule has 0 radical (unpaired) electrons. The second-order valence-corrected chi connectivity index (χ2v) is 17.6. The van der Waals surface area contributed by atoms with Crippen LogP contribution in [0.5, 0.6) is 0 Å². The minimum atomic E-state index is -4.95. The summed E-state index contributed by atoms with van der Waals surface area (Å²) < 4.78 is 43.2. The number of unbranched alkanes of at least 4 members (excludes halogenated alkanes) is 2. The van der Waals surface area contributed by atoms with Gasteiger partial charge in [-0.2, -0.15) is 13.2 Å². The van der Waals surface area contributed by atoms with Gasteiger partial charge in [-0.1, -0.05) is 12.5 Å². The lowest BCUT2D eigenvalue weighted by atomic mass is 10.0. The predicted octanol–water partition coefficient (Wildman–Crippen LogP) is -5.83. The van der Waals surface area contributed by atoms with E-state index in [9.17, 15) is 66.5 Å². The number of carbonyl (C=O) groups is 9. The van der Waals surface area contributed by atoms with Crippen LogP contribution in [0.1, 0.15) is 76.8 Å². The average molecular weight is 1090 g/mol. The fraction of sp³-hybridized carbons (Fsp3) is 0.636. The number of guanidine groups is 1. The summed E-state index contributed by atoms with van der Waals surface area (Å²) in [6.45, 7) is -0.862. The van der Waals surface area contributed by atoms with Crippen LogP contribution >= 0.6 is 0 Å². The van der Waals surface area contributed by atoms with Gasteiger partial charge in [-0.05, 0) is 84.3 Å². The molecule has 29 nitrogen and oxygen atoms in total. The molecule has 2 heterocycles. The highest BCUT2D eigenvalue weighted by atomic mass is 19.4. The van der Waals surface area contributed by atoms with Crippen LogP contribution in [0.3, 0.4) is 0 Å². The number of aliphatic hydroxyl groups excluding tert-OH is 1. The van der Waals surface area contributed by atoms with Crippen LogP contribution in [0.25, 0.3) is 0 Å². The molecule has 2 rings (SSSR count). The van der Waals surface area contributed by atoms with Crippen LogP contribution in [0, 0.1) is 5.92 Å². The van der Waals surface area contributed by atoms with Crippen LogP contribution in [0.2, 0.25) is 0 Å². The molecule has 0 unspecified atom stereocenters. The van der Waals surface area contributed by atoms with E-state index in [-0.39, 0.29) is 76.2 Å². The molecule has 8 amide bonds. The number of carboxylic acid groups (broad SMARTS) is 1. The third-order valence-corrected chi connectivity index (χ3v) is 11.6. The summed E-state index contributed by atoms with van der Waals surface area (Å²) in [6, 6.07) is -9.18. The van der Waals surface area contributed by atoms with Crippen molar-refractivity contribution in [1.82, 2.24) is 46.8 Å². The molecule has 0 saturated carbocycles. The lowest BCUT2D eigenvalue weighted by Crippen LogP contribution is -2.60. The van der Waals surface area contributed by atoms with Crippen molar-refractivity contribution >= 4 is 64.9 Å². The molecule has 0 spiro atoms. The number of alkyl halides is 3. The highest BCUT2D eigenvalue weighted by Gasteiger charge is 2.52. The van der Waals surface area contributed by atoms with E-state index in [4.69, 9.17) is 40.1 Å². The Morgan fingerprint density at radius 3 is 2.11 bits per heavy atom. The van der Waals surface area contributed by atoms with Crippen molar-refractivity contribution in [3.8, 4) is 0 Å². The number of hydrogen-bond acceptors (Lipinski definition) is 17. The number of likely N-dealkylation sites (tertiary alicyclic amines) is 1. The van der Waals surface area contributed by atoms with Crippen molar-refractivity contribution in [3.63, 3.8) is 0 Å². The number of halogens is 3. The second-order valence-electron chi connectivity index (χ2n) is 17.6. The van der Waals surface area contributed by atoms with Crippen molar-refractivity contribution < 1.29 is 66.5 Å². The third kappa shape index (κ3) is 22.4. The number of hydrogen-bond donors (Lipinski definition) is 16. The van der Waals surface area contributed by atoms with Crippen molar-refractivity contribution in [2.45, 2.75) is 126 Å². The van der Waals surface area contributed by atoms with E-state index in [1.54, 1.807) is 0 Å². The number of H-pyrrole nitrogens is 1. The van der Waals surface area contributed by atoms with Gasteiger partial charge < -0.3 is 92.1 Å². The summed E-state index contributed by atoms with van der Waals surface area (Å²) in [4.78, 5) is 135. The normalized spacial score (nSPS) is 17.2. The zero-order valence-electron chi connectivity index (χ0n) is 42.1. The summed E-state index contributed by atoms with van der Waals surface area (Å²) in [7, 11) is 0. The number of rotatable bonds is 33. The number of nitrogens with zero attached hydrogens (tertiary/aromatic N) is 4. The quantitative estimate of drug-likeness (QED) is 0.0135. The zero-order chi connectivity index (χ0) is 57.1. The Balaban J connectivity index is 2.39. The molecule has 1 aliphatic heterocycles. The van der Waals surface area contributed by atoms with Gasteiger partial charge in [0.25, 0.3) is 11.8 Å². The summed E-state index contributed by atoms with van der Waals surface area (Å²) in [6.07, 6.45) is -2.89. The van der Waals surface area contributed by atoms with E-state index < -0.39 is 145 Å². The van der Waals surface area contributed by atoms with Crippen molar-refractivity contribution in [1.29, 1.82) is 0 Å². The SMILES string of the molecule is C[C@H](NC(=O)[C@@H](NC(=O)[C@@H](N)CCCCN)[C@@H](O)CN)C(=O)NCC(=O)N=C(CCCN)C(=O)N1C[C@@H](C(F)(F)F)C[C@H]1C(=O)N[C@@H](Cc1cnc[nH]1)C(=O)N[C@@H](CCCCN)C(=O)N/C(=C\CCN=C(N)N)C(=O)O. The van der Waals surface area contributed by atoms with E-state index in [0.717, 1.165) is 6.08 Å². The third-order valence-electron chi connectivity index (χ3n) is 11.6. The molecule has 0 aromatic carbocycles. The molecule has 426 valence electrons. The maximum atomic E-state index is 14.4. The Kier molecular flexibility index (Phi) is 28.2. The van der Waals surface area contributed by atoms with Gasteiger partial charge in [0.2, 0.25) is 35.4 Å². The number of nitrogens with one attached hydrogen (secondary N) is 7. The monoisotopic (exact) mass is 1090 g/mol. The Labute approximate surface area is 435 Å². The summed E-state index contributed by atoms with van der Waals surface area (Å²) in [5, 5.41) is 34.0. The van der Waals surface area contributed by atoms with Gasteiger partial charge >= 0.3 is 12.1 Å². The molecule has 1 saturated heterocycles. The number of carboxylic acids is 1. The number of amides is 8. The molecule has 1 aliphatic rings. The molecule has 32 heteroatoms. The van der Waals surface area contributed by atoms with Gasteiger partial charge in [-0.15, -0.1) is 0 Å². The molecule has 76 heavy (non-hydrogen) atoms. The standard InChI is InChI=1S/C44H73F3N18O11/c1-23(59-40(73)34(32(66)18-51)64-36(69)26(52)8-2-4-12-48)35(68)57-20-33(67)60-28(10-6-14-50)41(74)65-21-24(44(45,46)47)16-31(65)39(72)63-30(17-25-19-55-22-58-25)38(71)61-27(9-3-5-13-49)37(70)62-29(42(75)76)11-7-15-56-43(53)54/h11,19,22-24,26-27,30-32,34,66H,2-10,12-18,20-21,48-52H2,1H3,(H,55,58)(H,57,68)(H,59,73)(H,61,71)(H,62,70)(H,63,72)(H,64,69)(H,75,76)(H4,53,54,56)/b29-11-,60-28?/t23-,24-,26-,27-,30-,31-,32-,34-/m0/s1. The lowest BCUT2D eigenvalue weighted by Gasteiger charge is -2.27. The van der Waals surface area contributed by atoms with Gasteiger partial charge in [-0.25, -0.2) is 14.8 Å². The first kappa shape index (κ1) is 65.0. The molecule has 8 atom stereocenters. The van der Waals surface area contributed by atoms with Gasteiger partial charge in [0, 0.05) is 37.9 Å². The number of imidazole rings is 1. The van der Waals surface area contributed by atoms with Gasteiger partial charge in [-0.3, -0.25) is 43.3 Å². The van der Waals surface area contributed by atoms with Crippen LogP contribution in [-0.4, -0.2) is 184 Å². The van der Waals surface area contributed by atoms with Gasteiger partial charge in [0.1, 0.15) is 41.6 Å². The van der Waals surface area contributed by atoms with E-state index in [1.165, 1.54) is 19.4 Å². The molecule has 1 aromatic rings. The molecular formula is C44H73F3N18O11. The number of aromatic nitrogens is 2. The Hall–Kier alpha value is -7.13. The highest BCUT2D eigenvalue weighted by Crippen LogP contribution is 2.37. The second kappa shape index (κ2) is 33.0. The van der Waals surface area contributed by atoms with Gasteiger partial charge in [0.15, 0.2) is 5.96 Å². The Bertz CT molecular complexity index is 2210. The van der Waals surface area contributed by atoms with E-state index in [0.29, 0.717) is 30.7 Å². The van der Waals surface area contributed by atoms with Crippen molar-refractivity contribution in [2.75, 3.05) is 45.8 Å². The molecular weight excluding hydrogens is 1010 g/mol. The Morgan fingerprint density at radius 1 is 0.868 bits per heavy atom. The summed E-state index contributed by atoms with van der Waals surface area (Å²) in [5.41, 5.74) is 37.8. The molecule has 1 fully saturated rings. The van der Waals surface area contributed by atoms with Crippen molar-refractivity contribution in [2.24, 2.45) is 56.0 Å². The van der Waals surface area contributed by atoms with Crippen LogP contribution in [-0.2, 0) is 49.6 Å². The summed E-state index contributed by atoms with van der Waals surface area (Å²) >= 11 is 0. The van der Waals surface area contributed by atoms with Crippen LogP contribution in [0.15, 0.2) is 34.3 Å². The van der Waals surface area contributed by atoms with E-state index in [1.807, 2.05) is 0 Å². The topological polar surface area (TPSA) is 505 Å².